The summed E-state index contributed by atoms with van der Waals surface area (Å²) < 4.78 is 53.7. The lowest BCUT2D eigenvalue weighted by Crippen LogP contribution is -2.51. The quantitative estimate of drug-likeness (QED) is 0.502. The lowest BCUT2D eigenvalue weighted by atomic mass is 9.62. The molecule has 6 nitrogen and oxygen atoms in total. The molecule has 1 aliphatic carbocycles. The minimum Gasteiger partial charge on any atom is -0.481 e. The summed E-state index contributed by atoms with van der Waals surface area (Å²) in [6.45, 7) is 1.59. The normalized spacial score (nSPS) is 31.0. The molecule has 1 saturated heterocycles. The molecule has 1 saturated carbocycles. The predicted molar refractivity (Wildman–Crippen MR) is 117 cm³/mol. The molecular weight excluding hydrogens is 440 g/mol. The molecule has 2 aromatic carbocycles. The standard InChI is InChI=1S/C23H27F2NO5S/c1-14-7-8-21(15-5-3-2-4-6-15)32(30,31)26(14)13-16-9-20(25)18(10-19(16)24)23(22(28)29)11-17(27)12-23/h2-6,9-10,14,17,21,27,30-31H,7-8,11-13H2,1H3,(H,28,29)/t14-,17?,21+,23?/m0/s1. The van der Waals surface area contributed by atoms with Crippen LogP contribution in [0.4, 0.5) is 8.78 Å². The van der Waals surface area contributed by atoms with Crippen LogP contribution in [0, 0.1) is 11.6 Å². The van der Waals surface area contributed by atoms with Crippen molar-refractivity contribution in [3.05, 3.63) is 70.8 Å². The minimum atomic E-state index is -3.33. The second kappa shape index (κ2) is 8.39. The number of carbonyl (C=O) groups is 1. The zero-order chi connectivity index (χ0) is 23.3. The third-order valence-corrected chi connectivity index (χ3v) is 9.24. The van der Waals surface area contributed by atoms with Crippen LogP contribution >= 0.6 is 10.8 Å². The maximum atomic E-state index is 15.0. The zero-order valence-electron chi connectivity index (χ0n) is 17.6. The molecule has 0 bridgehead atoms. The van der Waals surface area contributed by atoms with E-state index in [0.717, 1.165) is 17.7 Å². The number of nitrogens with zero attached hydrogens (tertiary/aromatic N) is 1. The van der Waals surface area contributed by atoms with Gasteiger partial charge in [0.15, 0.2) is 0 Å². The number of carboxylic acid groups (broad SMARTS) is 1. The van der Waals surface area contributed by atoms with Crippen LogP contribution in [-0.4, -0.2) is 41.7 Å². The molecule has 32 heavy (non-hydrogen) atoms. The fourth-order valence-electron chi connectivity index (χ4n) is 4.89. The molecule has 2 aliphatic rings. The van der Waals surface area contributed by atoms with Gasteiger partial charge < -0.3 is 10.2 Å². The van der Waals surface area contributed by atoms with Crippen LogP contribution in [-0.2, 0) is 16.8 Å². The van der Waals surface area contributed by atoms with Gasteiger partial charge in [0.1, 0.15) is 17.0 Å². The second-order valence-electron chi connectivity index (χ2n) is 8.83. The van der Waals surface area contributed by atoms with E-state index >= 15 is 4.39 Å². The van der Waals surface area contributed by atoms with Gasteiger partial charge >= 0.3 is 5.97 Å². The molecule has 1 heterocycles. The van der Waals surface area contributed by atoms with Gasteiger partial charge in [0.05, 0.1) is 11.4 Å². The molecule has 0 spiro atoms. The maximum Gasteiger partial charge on any atom is 0.314 e. The number of hydrogen-bond donors (Lipinski definition) is 4. The van der Waals surface area contributed by atoms with E-state index in [9.17, 15) is 28.5 Å². The van der Waals surface area contributed by atoms with Crippen molar-refractivity contribution >= 4 is 16.7 Å². The smallest absolute Gasteiger partial charge is 0.314 e. The summed E-state index contributed by atoms with van der Waals surface area (Å²) in [5, 5.41) is 18.6. The van der Waals surface area contributed by atoms with Gasteiger partial charge in [-0.3, -0.25) is 13.9 Å². The lowest BCUT2D eigenvalue weighted by Gasteiger charge is -2.54. The average Bonchev–Trinajstić information content (AvgIpc) is 2.71. The van der Waals surface area contributed by atoms with Crippen LogP contribution in [0.2, 0.25) is 0 Å². The number of benzene rings is 2. The maximum absolute atomic E-state index is 15.0. The van der Waals surface area contributed by atoms with Crippen LogP contribution < -0.4 is 0 Å². The Morgan fingerprint density at radius 2 is 1.78 bits per heavy atom. The first-order valence-corrected chi connectivity index (χ1v) is 12.1. The lowest BCUT2D eigenvalue weighted by molar-refractivity contribution is -0.153. The Balaban J connectivity index is 1.64. The Morgan fingerprint density at radius 3 is 2.38 bits per heavy atom. The number of halogens is 2. The third kappa shape index (κ3) is 3.82. The van der Waals surface area contributed by atoms with Crippen LogP contribution in [0.5, 0.6) is 0 Å². The summed E-state index contributed by atoms with van der Waals surface area (Å²) in [7, 11) is -3.33. The zero-order valence-corrected chi connectivity index (χ0v) is 18.4. The summed E-state index contributed by atoms with van der Waals surface area (Å²) in [5.41, 5.74) is -1.25. The number of carboxylic acids is 1. The average molecular weight is 468 g/mol. The van der Waals surface area contributed by atoms with Gasteiger partial charge in [0.2, 0.25) is 0 Å². The first-order valence-electron chi connectivity index (χ1n) is 10.5. The summed E-state index contributed by atoms with van der Waals surface area (Å²) in [4.78, 5) is 11.7. The van der Waals surface area contributed by atoms with Crippen molar-refractivity contribution in [2.24, 2.45) is 0 Å². The van der Waals surface area contributed by atoms with Crippen molar-refractivity contribution < 1.29 is 32.9 Å². The SMILES string of the molecule is C[C@H]1CC[C@H](c2ccccc2)S(O)(O)N1Cc1cc(F)c(C2(C(=O)O)CC(O)C2)cc1F. The van der Waals surface area contributed by atoms with Crippen LogP contribution in [0.1, 0.15) is 54.5 Å². The molecule has 2 aromatic rings. The van der Waals surface area contributed by atoms with Crippen molar-refractivity contribution in [3.63, 3.8) is 0 Å². The van der Waals surface area contributed by atoms with Gasteiger partial charge in [-0.05, 0) is 50.3 Å². The largest absolute Gasteiger partial charge is 0.481 e. The minimum absolute atomic E-state index is 0.0767. The summed E-state index contributed by atoms with van der Waals surface area (Å²) in [6, 6.07) is 10.7. The van der Waals surface area contributed by atoms with Gasteiger partial charge in [0, 0.05) is 23.7 Å². The molecule has 4 rings (SSSR count). The highest BCUT2D eigenvalue weighted by atomic mass is 32.3. The number of rotatable bonds is 5. The van der Waals surface area contributed by atoms with E-state index in [4.69, 9.17) is 0 Å². The highest BCUT2D eigenvalue weighted by Crippen LogP contribution is 2.63. The topological polar surface area (TPSA) is 101 Å². The fourth-order valence-corrected chi connectivity index (χ4v) is 7.15. The Hall–Kier alpha value is -2.04. The summed E-state index contributed by atoms with van der Waals surface area (Å²) in [5.74, 6) is -3.00. The van der Waals surface area contributed by atoms with E-state index in [1.807, 2.05) is 37.3 Å². The van der Waals surface area contributed by atoms with Crippen molar-refractivity contribution in [2.45, 2.75) is 62.0 Å². The number of aliphatic carboxylic acids is 1. The number of hydrogen-bond acceptors (Lipinski definition) is 5. The second-order valence-corrected chi connectivity index (χ2v) is 11.0. The third-order valence-electron chi connectivity index (χ3n) is 6.79. The van der Waals surface area contributed by atoms with Gasteiger partial charge in [0.25, 0.3) is 0 Å². The molecule has 2 atom stereocenters. The van der Waals surface area contributed by atoms with E-state index in [1.54, 1.807) is 0 Å². The molecule has 174 valence electrons. The molecule has 9 heteroatoms. The van der Waals surface area contributed by atoms with Crippen molar-refractivity contribution in [1.82, 2.24) is 4.31 Å². The van der Waals surface area contributed by atoms with Gasteiger partial charge in [-0.1, -0.05) is 30.3 Å². The van der Waals surface area contributed by atoms with Crippen molar-refractivity contribution in [2.75, 3.05) is 0 Å². The Kier molecular flexibility index (Phi) is 6.06. The highest BCUT2D eigenvalue weighted by molar-refractivity contribution is 8.22. The predicted octanol–water partition coefficient (Wildman–Crippen LogP) is 4.83. The summed E-state index contributed by atoms with van der Waals surface area (Å²) >= 11 is 0. The Labute approximate surface area is 187 Å². The first kappa shape index (κ1) is 23.1. The fraction of sp³-hybridized carbons (Fsp3) is 0.435. The van der Waals surface area contributed by atoms with Crippen molar-refractivity contribution in [1.29, 1.82) is 0 Å². The summed E-state index contributed by atoms with van der Waals surface area (Å²) in [6.07, 6.45) is -0.0210. The van der Waals surface area contributed by atoms with Crippen molar-refractivity contribution in [3.8, 4) is 0 Å². The molecule has 4 N–H and O–H groups in total. The van der Waals surface area contributed by atoms with Crippen LogP contribution in [0.3, 0.4) is 0 Å². The molecule has 0 radical (unpaired) electrons. The molecular formula is C23H27F2NO5S. The number of aliphatic hydroxyl groups excluding tert-OH is 1. The monoisotopic (exact) mass is 467 g/mol. The molecule has 0 aromatic heterocycles. The highest BCUT2D eigenvalue weighted by Gasteiger charge is 2.53. The molecule has 2 fully saturated rings. The van der Waals surface area contributed by atoms with Crippen LogP contribution in [0.25, 0.3) is 0 Å². The molecule has 1 aliphatic heterocycles. The van der Waals surface area contributed by atoms with Gasteiger partial charge in [-0.15, -0.1) is 10.8 Å². The Morgan fingerprint density at radius 1 is 1.12 bits per heavy atom. The molecule has 0 unspecified atom stereocenters. The van der Waals surface area contributed by atoms with E-state index < -0.39 is 45.1 Å². The van der Waals surface area contributed by atoms with E-state index in [2.05, 4.69) is 0 Å². The number of aliphatic hydroxyl groups is 1. The first-order chi connectivity index (χ1) is 15.1. The van der Waals surface area contributed by atoms with Crippen LogP contribution in [0.15, 0.2) is 42.5 Å². The van der Waals surface area contributed by atoms with Gasteiger partial charge in [-0.25, -0.2) is 8.78 Å². The van der Waals surface area contributed by atoms with Gasteiger partial charge in [-0.2, -0.15) is 4.31 Å². The Bertz CT molecular complexity index is 1010. The van der Waals surface area contributed by atoms with E-state index in [1.165, 1.54) is 4.31 Å². The van der Waals surface area contributed by atoms with E-state index in [-0.39, 0.29) is 36.6 Å². The van der Waals surface area contributed by atoms with E-state index in [0.29, 0.717) is 12.8 Å². The molecule has 0 amide bonds.